The lowest BCUT2D eigenvalue weighted by Crippen LogP contribution is -2.55. The minimum absolute atomic E-state index is 0.0208. The predicted molar refractivity (Wildman–Crippen MR) is 75.6 cm³/mol. The summed E-state index contributed by atoms with van der Waals surface area (Å²) in [5, 5.41) is 14.2. The number of halogens is 2. The third-order valence-corrected chi connectivity index (χ3v) is 3.98. The van der Waals surface area contributed by atoms with Gasteiger partial charge in [0.15, 0.2) is 0 Å². The number of carbonyl (C=O) groups excluding carboxylic acids is 1. The molecule has 0 heterocycles. The van der Waals surface area contributed by atoms with E-state index >= 15 is 0 Å². The lowest BCUT2D eigenvalue weighted by Gasteiger charge is -2.25. The number of amides is 2. The zero-order chi connectivity index (χ0) is 15.5. The van der Waals surface area contributed by atoms with Crippen LogP contribution >= 0.6 is 11.6 Å². The topological polar surface area (TPSA) is 78.4 Å². The van der Waals surface area contributed by atoms with Gasteiger partial charge in [0.2, 0.25) is 0 Å². The van der Waals surface area contributed by atoms with Crippen molar-refractivity contribution in [2.45, 2.75) is 37.8 Å². The van der Waals surface area contributed by atoms with Gasteiger partial charge >= 0.3 is 12.0 Å². The van der Waals surface area contributed by atoms with E-state index in [1.807, 2.05) is 0 Å². The second kappa shape index (κ2) is 6.30. The Morgan fingerprint density at radius 3 is 2.62 bits per heavy atom. The maximum atomic E-state index is 13.7. The van der Waals surface area contributed by atoms with Crippen molar-refractivity contribution >= 4 is 23.6 Å². The number of hydrogen-bond acceptors (Lipinski definition) is 2. The molecule has 1 aliphatic carbocycles. The van der Waals surface area contributed by atoms with E-state index in [2.05, 4.69) is 10.6 Å². The van der Waals surface area contributed by atoms with Crippen LogP contribution in [0.2, 0.25) is 5.02 Å². The van der Waals surface area contributed by atoms with Crippen molar-refractivity contribution in [3.8, 4) is 0 Å². The van der Waals surface area contributed by atoms with E-state index in [0.29, 0.717) is 12.8 Å². The van der Waals surface area contributed by atoms with Gasteiger partial charge in [-0.3, -0.25) is 0 Å². The highest BCUT2D eigenvalue weighted by Crippen LogP contribution is 2.29. The van der Waals surface area contributed by atoms with E-state index in [0.717, 1.165) is 12.8 Å². The highest BCUT2D eigenvalue weighted by Gasteiger charge is 2.42. The van der Waals surface area contributed by atoms with E-state index in [1.54, 1.807) is 6.07 Å². The molecule has 0 bridgehead atoms. The van der Waals surface area contributed by atoms with Crippen LogP contribution in [0.5, 0.6) is 0 Å². The average Bonchev–Trinajstić information content (AvgIpc) is 2.90. The van der Waals surface area contributed by atoms with Crippen LogP contribution < -0.4 is 10.6 Å². The van der Waals surface area contributed by atoms with Gasteiger partial charge in [-0.1, -0.05) is 36.6 Å². The molecular weight excluding hydrogens is 299 g/mol. The van der Waals surface area contributed by atoms with Gasteiger partial charge in [-0.05, 0) is 18.9 Å². The average molecular weight is 315 g/mol. The van der Waals surface area contributed by atoms with Crippen LogP contribution in [-0.2, 0) is 11.3 Å². The summed E-state index contributed by atoms with van der Waals surface area (Å²) in [6.45, 7) is -0.0616. The zero-order valence-electron chi connectivity index (χ0n) is 11.3. The standard InChI is InChI=1S/C14H16ClFN2O3/c15-10-5-3-4-9(11(10)16)8-17-13(21)18-14(12(19)20)6-1-2-7-14/h3-5H,1-2,6-8H2,(H,19,20)(H2,17,18,21). The van der Waals surface area contributed by atoms with Crippen LogP contribution in [0.25, 0.3) is 0 Å². The minimum Gasteiger partial charge on any atom is -0.480 e. The van der Waals surface area contributed by atoms with Crippen molar-refractivity contribution in [2.24, 2.45) is 0 Å². The fourth-order valence-electron chi connectivity index (χ4n) is 2.49. The highest BCUT2D eigenvalue weighted by atomic mass is 35.5. The Bertz CT molecular complexity index is 559. The van der Waals surface area contributed by atoms with Crippen LogP contribution in [0.15, 0.2) is 18.2 Å². The monoisotopic (exact) mass is 314 g/mol. The number of carboxylic acids is 1. The van der Waals surface area contributed by atoms with Crippen molar-refractivity contribution in [3.05, 3.63) is 34.6 Å². The molecule has 1 aromatic rings. The first kappa shape index (κ1) is 15.6. The Balaban J connectivity index is 1.96. The van der Waals surface area contributed by atoms with Gasteiger partial charge in [-0.2, -0.15) is 0 Å². The van der Waals surface area contributed by atoms with Gasteiger partial charge < -0.3 is 15.7 Å². The molecule has 114 valence electrons. The molecule has 1 fully saturated rings. The first-order valence-electron chi connectivity index (χ1n) is 6.67. The summed E-state index contributed by atoms with van der Waals surface area (Å²) in [7, 11) is 0. The Kier molecular flexibility index (Phi) is 4.67. The number of rotatable bonds is 4. The molecule has 0 saturated heterocycles. The summed E-state index contributed by atoms with van der Waals surface area (Å²) in [4.78, 5) is 23.1. The maximum Gasteiger partial charge on any atom is 0.329 e. The Hall–Kier alpha value is -1.82. The molecule has 21 heavy (non-hydrogen) atoms. The van der Waals surface area contributed by atoms with Gasteiger partial charge in [0.1, 0.15) is 11.4 Å². The molecule has 0 atom stereocenters. The highest BCUT2D eigenvalue weighted by molar-refractivity contribution is 6.30. The lowest BCUT2D eigenvalue weighted by molar-refractivity contribution is -0.144. The van der Waals surface area contributed by atoms with E-state index < -0.39 is 23.4 Å². The van der Waals surface area contributed by atoms with Crippen LogP contribution in [0, 0.1) is 5.82 Å². The fourth-order valence-corrected chi connectivity index (χ4v) is 2.69. The molecular formula is C14H16ClFN2O3. The third kappa shape index (κ3) is 3.44. The predicted octanol–water partition coefficient (Wildman–Crippen LogP) is 2.68. The molecule has 1 aromatic carbocycles. The minimum atomic E-state index is -1.21. The van der Waals surface area contributed by atoms with Crippen molar-refractivity contribution in [3.63, 3.8) is 0 Å². The van der Waals surface area contributed by atoms with Crippen LogP contribution in [-0.4, -0.2) is 22.6 Å². The molecule has 0 radical (unpaired) electrons. The number of carboxylic acid groups (broad SMARTS) is 1. The molecule has 1 saturated carbocycles. The number of carbonyl (C=O) groups is 2. The third-order valence-electron chi connectivity index (χ3n) is 3.69. The molecule has 2 rings (SSSR count). The van der Waals surface area contributed by atoms with Crippen molar-refractivity contribution in [1.29, 1.82) is 0 Å². The van der Waals surface area contributed by atoms with Crippen molar-refractivity contribution in [2.75, 3.05) is 0 Å². The Labute approximate surface area is 126 Å². The van der Waals surface area contributed by atoms with Gasteiger partial charge in [0, 0.05) is 12.1 Å². The number of benzene rings is 1. The van der Waals surface area contributed by atoms with Crippen molar-refractivity contribution in [1.82, 2.24) is 10.6 Å². The number of urea groups is 1. The molecule has 0 unspecified atom stereocenters. The van der Waals surface area contributed by atoms with Crippen LogP contribution in [0.3, 0.4) is 0 Å². The summed E-state index contributed by atoms with van der Waals surface area (Å²) >= 11 is 5.65. The largest absolute Gasteiger partial charge is 0.480 e. The molecule has 0 aliphatic heterocycles. The summed E-state index contributed by atoms with van der Waals surface area (Å²) in [5.41, 5.74) is -0.967. The summed E-state index contributed by atoms with van der Waals surface area (Å²) in [5.74, 6) is -1.63. The normalized spacial score (nSPS) is 16.5. The van der Waals surface area contributed by atoms with Gasteiger partial charge in [-0.25, -0.2) is 14.0 Å². The molecule has 7 heteroatoms. The SMILES string of the molecule is O=C(NCc1cccc(Cl)c1F)NC1(C(=O)O)CCCC1. The van der Waals surface area contributed by atoms with Gasteiger partial charge in [-0.15, -0.1) is 0 Å². The first-order valence-corrected chi connectivity index (χ1v) is 7.05. The second-order valence-corrected chi connectivity index (χ2v) is 5.52. The summed E-state index contributed by atoms with van der Waals surface area (Å²) in [6.07, 6.45) is 2.33. The second-order valence-electron chi connectivity index (χ2n) is 5.11. The zero-order valence-corrected chi connectivity index (χ0v) is 12.0. The van der Waals surface area contributed by atoms with Crippen molar-refractivity contribution < 1.29 is 19.1 Å². The summed E-state index contributed by atoms with van der Waals surface area (Å²) in [6, 6.07) is 3.87. The molecule has 0 spiro atoms. The summed E-state index contributed by atoms with van der Waals surface area (Å²) < 4.78 is 13.7. The maximum absolute atomic E-state index is 13.7. The molecule has 5 nitrogen and oxygen atoms in total. The number of nitrogens with one attached hydrogen (secondary N) is 2. The Morgan fingerprint density at radius 1 is 1.33 bits per heavy atom. The van der Waals surface area contributed by atoms with E-state index in [1.165, 1.54) is 12.1 Å². The molecule has 1 aliphatic rings. The fraction of sp³-hybridized carbons (Fsp3) is 0.429. The molecule has 0 aromatic heterocycles. The Morgan fingerprint density at radius 2 is 2.00 bits per heavy atom. The van der Waals surface area contributed by atoms with Gasteiger partial charge in [0.25, 0.3) is 0 Å². The number of aliphatic carboxylic acids is 1. The van der Waals surface area contributed by atoms with Crippen LogP contribution in [0.4, 0.5) is 9.18 Å². The smallest absolute Gasteiger partial charge is 0.329 e. The lowest BCUT2D eigenvalue weighted by atomic mass is 9.98. The quantitative estimate of drug-likeness (QED) is 0.799. The molecule has 3 N–H and O–H groups in total. The molecule has 2 amide bonds. The van der Waals surface area contributed by atoms with Gasteiger partial charge in [0.05, 0.1) is 5.02 Å². The number of hydrogen-bond donors (Lipinski definition) is 3. The van der Waals surface area contributed by atoms with E-state index in [4.69, 9.17) is 11.6 Å². The first-order chi connectivity index (χ1) is 9.94. The van der Waals surface area contributed by atoms with E-state index in [-0.39, 0.29) is 17.1 Å². The van der Waals surface area contributed by atoms with Crippen LogP contribution in [0.1, 0.15) is 31.2 Å². The van der Waals surface area contributed by atoms with E-state index in [9.17, 15) is 19.1 Å².